The maximum absolute atomic E-state index is 6.10. The lowest BCUT2D eigenvalue weighted by Gasteiger charge is -2.22. The molecule has 11 heteroatoms. The first kappa shape index (κ1) is 20.9. The molecule has 0 amide bonds. The van der Waals surface area contributed by atoms with Crippen molar-refractivity contribution in [3.05, 3.63) is 60.9 Å². The number of aryl methyl sites for hydroxylation is 1. The van der Waals surface area contributed by atoms with Gasteiger partial charge >= 0.3 is 0 Å². The number of ether oxygens (including phenoxy) is 2. The van der Waals surface area contributed by atoms with E-state index >= 15 is 0 Å². The fourth-order valence-corrected chi connectivity index (χ4v) is 4.97. The molecule has 36 heavy (non-hydrogen) atoms. The Labute approximate surface area is 206 Å². The second-order valence-corrected chi connectivity index (χ2v) is 9.11. The van der Waals surface area contributed by atoms with Gasteiger partial charge in [-0.25, -0.2) is 29.4 Å². The van der Waals surface area contributed by atoms with Crippen LogP contribution in [0.25, 0.3) is 16.7 Å². The summed E-state index contributed by atoms with van der Waals surface area (Å²) in [6, 6.07) is 9.95. The van der Waals surface area contributed by atoms with Crippen LogP contribution in [0.3, 0.4) is 0 Å². The molecule has 1 aromatic carbocycles. The largest absolute Gasteiger partial charge is 0.457 e. The van der Waals surface area contributed by atoms with Crippen LogP contribution in [-0.2, 0) is 4.74 Å². The standard InChI is InChI=1S/C25H23N9O2/c1-15-8-17(2-3-21(15)36-18-5-7-34-22(9-18)28-14-30-34)31-24-23-19(27-13-29-24)10-26-25(32-23)33-6-4-16-11-35-12-20(16)33/h2-3,5,7-10,13-14,16,20H,4,6,11-12H2,1H3,(H,27,29,31). The summed E-state index contributed by atoms with van der Waals surface area (Å²) in [5.41, 5.74) is 3.95. The second kappa shape index (κ2) is 8.38. The summed E-state index contributed by atoms with van der Waals surface area (Å²) in [6.07, 6.45) is 7.72. The Morgan fingerprint density at radius 2 is 2.03 bits per heavy atom. The number of anilines is 3. The monoisotopic (exact) mass is 481 g/mol. The summed E-state index contributed by atoms with van der Waals surface area (Å²) in [6.45, 7) is 4.48. The Hall–Kier alpha value is -4.38. The highest BCUT2D eigenvalue weighted by Gasteiger charge is 2.39. The molecule has 4 aromatic heterocycles. The Morgan fingerprint density at radius 1 is 1.06 bits per heavy atom. The molecule has 2 aliphatic heterocycles. The lowest BCUT2D eigenvalue weighted by Crippen LogP contribution is -2.34. The molecule has 11 nitrogen and oxygen atoms in total. The van der Waals surface area contributed by atoms with Gasteiger partial charge in [0.2, 0.25) is 5.95 Å². The van der Waals surface area contributed by atoms with Gasteiger partial charge in [0.15, 0.2) is 11.5 Å². The minimum Gasteiger partial charge on any atom is -0.457 e. The van der Waals surface area contributed by atoms with Crippen LogP contribution in [0.2, 0.25) is 0 Å². The highest BCUT2D eigenvalue weighted by Crippen LogP contribution is 2.34. The third-order valence-electron chi connectivity index (χ3n) is 6.85. The van der Waals surface area contributed by atoms with Gasteiger partial charge in [-0.1, -0.05) is 0 Å². The number of rotatable bonds is 5. The van der Waals surface area contributed by atoms with Gasteiger partial charge in [-0.2, -0.15) is 5.10 Å². The van der Waals surface area contributed by atoms with E-state index in [0.29, 0.717) is 40.5 Å². The number of aromatic nitrogens is 7. The molecule has 0 bridgehead atoms. The predicted molar refractivity (Wildman–Crippen MR) is 133 cm³/mol. The van der Waals surface area contributed by atoms with Gasteiger partial charge in [-0.05, 0) is 43.2 Å². The Kier molecular flexibility index (Phi) is 4.88. The van der Waals surface area contributed by atoms with E-state index in [-0.39, 0.29) is 0 Å². The van der Waals surface area contributed by atoms with Crippen molar-refractivity contribution in [1.29, 1.82) is 0 Å². The fraction of sp³-hybridized carbons (Fsp3) is 0.280. The van der Waals surface area contributed by atoms with Crippen LogP contribution in [0.5, 0.6) is 11.5 Å². The van der Waals surface area contributed by atoms with Crippen LogP contribution in [-0.4, -0.2) is 60.3 Å². The summed E-state index contributed by atoms with van der Waals surface area (Å²) in [5, 5.41) is 7.52. The van der Waals surface area contributed by atoms with Gasteiger partial charge in [0.1, 0.15) is 35.2 Å². The number of fused-ring (bicyclic) bond motifs is 3. The normalized spacial score (nSPS) is 19.2. The van der Waals surface area contributed by atoms with Crippen LogP contribution in [0.15, 0.2) is 55.4 Å². The Morgan fingerprint density at radius 3 is 2.97 bits per heavy atom. The zero-order valence-electron chi connectivity index (χ0n) is 19.6. The second-order valence-electron chi connectivity index (χ2n) is 9.11. The molecule has 7 rings (SSSR count). The van der Waals surface area contributed by atoms with Crippen LogP contribution in [0.1, 0.15) is 12.0 Å². The third kappa shape index (κ3) is 3.64. The number of nitrogens with one attached hydrogen (secondary N) is 1. The molecule has 180 valence electrons. The molecule has 2 fully saturated rings. The number of benzene rings is 1. The van der Waals surface area contributed by atoms with Crippen LogP contribution in [0.4, 0.5) is 17.5 Å². The van der Waals surface area contributed by atoms with Crippen molar-refractivity contribution >= 4 is 34.1 Å². The highest BCUT2D eigenvalue weighted by atomic mass is 16.5. The Balaban J connectivity index is 1.15. The van der Waals surface area contributed by atoms with Crippen molar-refractivity contribution in [2.24, 2.45) is 5.92 Å². The molecule has 5 aromatic rings. The van der Waals surface area contributed by atoms with E-state index in [9.17, 15) is 0 Å². The fourth-order valence-electron chi connectivity index (χ4n) is 4.97. The van der Waals surface area contributed by atoms with E-state index in [1.807, 2.05) is 43.5 Å². The van der Waals surface area contributed by atoms with Crippen molar-refractivity contribution in [3.8, 4) is 11.5 Å². The average molecular weight is 482 g/mol. The topological polar surface area (TPSA) is 115 Å². The summed E-state index contributed by atoms with van der Waals surface area (Å²) in [7, 11) is 0. The smallest absolute Gasteiger partial charge is 0.226 e. The van der Waals surface area contributed by atoms with Gasteiger partial charge in [-0.15, -0.1) is 0 Å². The Bertz CT molecular complexity index is 1590. The van der Waals surface area contributed by atoms with Gasteiger partial charge in [-0.3, -0.25) is 0 Å². The predicted octanol–water partition coefficient (Wildman–Crippen LogP) is 3.53. The summed E-state index contributed by atoms with van der Waals surface area (Å²) < 4.78 is 13.5. The minimum absolute atomic E-state index is 0.337. The molecule has 2 atom stereocenters. The van der Waals surface area contributed by atoms with E-state index in [0.717, 1.165) is 48.8 Å². The first-order valence-corrected chi connectivity index (χ1v) is 11.9. The number of hydrogen-bond acceptors (Lipinski definition) is 10. The van der Waals surface area contributed by atoms with E-state index in [4.69, 9.17) is 14.5 Å². The van der Waals surface area contributed by atoms with E-state index in [1.54, 1.807) is 10.7 Å². The molecular formula is C25H23N9O2. The lowest BCUT2D eigenvalue weighted by atomic mass is 10.1. The lowest BCUT2D eigenvalue weighted by molar-refractivity contribution is 0.179. The van der Waals surface area contributed by atoms with Gasteiger partial charge in [0.05, 0.1) is 25.5 Å². The van der Waals surface area contributed by atoms with Crippen LogP contribution >= 0.6 is 0 Å². The van der Waals surface area contributed by atoms with Crippen molar-refractivity contribution < 1.29 is 9.47 Å². The molecule has 1 N–H and O–H groups in total. The maximum atomic E-state index is 6.10. The molecule has 2 aliphatic rings. The van der Waals surface area contributed by atoms with E-state index in [2.05, 4.69) is 35.3 Å². The highest BCUT2D eigenvalue weighted by molar-refractivity contribution is 5.87. The van der Waals surface area contributed by atoms with E-state index in [1.165, 1.54) is 12.7 Å². The molecule has 0 spiro atoms. The van der Waals surface area contributed by atoms with Gasteiger partial charge < -0.3 is 19.7 Å². The maximum Gasteiger partial charge on any atom is 0.226 e. The van der Waals surface area contributed by atoms with Crippen molar-refractivity contribution in [2.75, 3.05) is 30.0 Å². The number of pyridine rings is 1. The first-order chi connectivity index (χ1) is 17.7. The summed E-state index contributed by atoms with van der Waals surface area (Å²) >= 11 is 0. The zero-order chi connectivity index (χ0) is 24.1. The minimum atomic E-state index is 0.337. The molecule has 0 radical (unpaired) electrons. The van der Waals surface area contributed by atoms with E-state index < -0.39 is 0 Å². The molecule has 2 saturated heterocycles. The third-order valence-corrected chi connectivity index (χ3v) is 6.85. The average Bonchev–Trinajstić information content (AvgIpc) is 3.63. The van der Waals surface area contributed by atoms with Crippen molar-refractivity contribution in [2.45, 2.75) is 19.4 Å². The molecule has 2 unspecified atom stereocenters. The summed E-state index contributed by atoms with van der Waals surface area (Å²) in [5.74, 6) is 3.33. The number of hydrogen-bond donors (Lipinski definition) is 1. The zero-order valence-corrected chi connectivity index (χ0v) is 19.6. The molecular weight excluding hydrogens is 458 g/mol. The molecule has 6 heterocycles. The summed E-state index contributed by atoms with van der Waals surface area (Å²) in [4.78, 5) is 24.8. The van der Waals surface area contributed by atoms with Crippen molar-refractivity contribution in [1.82, 2.24) is 34.5 Å². The quantitative estimate of drug-likeness (QED) is 0.400. The molecule has 0 aliphatic carbocycles. The van der Waals surface area contributed by atoms with Crippen LogP contribution < -0.4 is 15.0 Å². The van der Waals surface area contributed by atoms with Crippen LogP contribution in [0, 0.1) is 12.8 Å². The van der Waals surface area contributed by atoms with Gasteiger partial charge in [0, 0.05) is 30.4 Å². The van der Waals surface area contributed by atoms with Gasteiger partial charge in [0.25, 0.3) is 0 Å². The van der Waals surface area contributed by atoms with Crippen molar-refractivity contribution in [3.63, 3.8) is 0 Å². The SMILES string of the molecule is Cc1cc(Nc2ncnc3cnc(N4CCC5COCC54)nc23)ccc1Oc1ccn2ncnc2c1. The number of nitrogens with zero attached hydrogens (tertiary/aromatic N) is 8. The molecule has 0 saturated carbocycles. The first-order valence-electron chi connectivity index (χ1n) is 11.9.